The molecule has 100 valence electrons. The van der Waals surface area contributed by atoms with Crippen molar-refractivity contribution in [3.05, 3.63) is 23.9 Å². The lowest BCUT2D eigenvalue weighted by atomic mass is 10.2. The largest absolute Gasteiger partial charge is 0.481 e. The van der Waals surface area contributed by atoms with Crippen LogP contribution in [0.1, 0.15) is 25.8 Å². The number of ether oxygens (including phenoxy) is 1. The Labute approximate surface area is 108 Å². The summed E-state index contributed by atoms with van der Waals surface area (Å²) in [5.41, 5.74) is 0.880. The molecule has 1 amide bonds. The third-order valence-corrected chi connectivity index (χ3v) is 2.42. The van der Waals surface area contributed by atoms with Gasteiger partial charge in [-0.2, -0.15) is 0 Å². The highest BCUT2D eigenvalue weighted by Gasteiger charge is 2.05. The van der Waals surface area contributed by atoms with Crippen LogP contribution in [0.3, 0.4) is 0 Å². The molecular formula is C13H21N3O2. The average molecular weight is 251 g/mol. The molecule has 0 aliphatic heterocycles. The summed E-state index contributed by atoms with van der Waals surface area (Å²) in [4.78, 5) is 15.7. The molecule has 0 aromatic carbocycles. The van der Waals surface area contributed by atoms with Crippen molar-refractivity contribution >= 4 is 5.91 Å². The van der Waals surface area contributed by atoms with Gasteiger partial charge in [-0.05, 0) is 6.07 Å². The van der Waals surface area contributed by atoms with Crippen molar-refractivity contribution in [1.82, 2.24) is 15.6 Å². The van der Waals surface area contributed by atoms with Gasteiger partial charge in [0.15, 0.2) is 0 Å². The minimum Gasteiger partial charge on any atom is -0.481 e. The van der Waals surface area contributed by atoms with E-state index in [2.05, 4.69) is 29.5 Å². The molecule has 1 rings (SSSR count). The quantitative estimate of drug-likeness (QED) is 0.761. The van der Waals surface area contributed by atoms with Crippen LogP contribution in [-0.2, 0) is 11.3 Å². The van der Waals surface area contributed by atoms with Gasteiger partial charge in [-0.15, -0.1) is 0 Å². The number of carbonyl (C=O) groups is 1. The monoisotopic (exact) mass is 251 g/mol. The number of nitrogens with one attached hydrogen (secondary N) is 2. The summed E-state index contributed by atoms with van der Waals surface area (Å²) in [7, 11) is 1.57. The molecule has 18 heavy (non-hydrogen) atoms. The number of hydrogen-bond donors (Lipinski definition) is 2. The minimum atomic E-state index is 0.0223. The number of pyridine rings is 1. The van der Waals surface area contributed by atoms with Crippen molar-refractivity contribution in [2.75, 3.05) is 13.7 Å². The summed E-state index contributed by atoms with van der Waals surface area (Å²) in [6, 6.07) is 4.11. The van der Waals surface area contributed by atoms with Gasteiger partial charge >= 0.3 is 0 Å². The van der Waals surface area contributed by atoms with Crippen molar-refractivity contribution in [3.63, 3.8) is 0 Å². The first kappa shape index (κ1) is 14.4. The summed E-state index contributed by atoms with van der Waals surface area (Å²) in [6.45, 7) is 5.24. The molecule has 1 aromatic heterocycles. The average Bonchev–Trinajstić information content (AvgIpc) is 2.36. The first-order chi connectivity index (χ1) is 8.63. The van der Waals surface area contributed by atoms with Crippen LogP contribution in [0.2, 0.25) is 0 Å². The number of methoxy groups -OCH3 is 1. The van der Waals surface area contributed by atoms with Gasteiger partial charge < -0.3 is 15.4 Å². The van der Waals surface area contributed by atoms with Crippen molar-refractivity contribution in [1.29, 1.82) is 0 Å². The fourth-order valence-electron chi connectivity index (χ4n) is 1.50. The Bertz CT molecular complexity index is 380. The van der Waals surface area contributed by atoms with E-state index in [1.165, 1.54) is 0 Å². The molecule has 0 aliphatic carbocycles. The second-order valence-electron chi connectivity index (χ2n) is 4.31. The number of amides is 1. The third kappa shape index (κ3) is 5.14. The Balaban J connectivity index is 2.33. The maximum atomic E-state index is 11.6. The summed E-state index contributed by atoms with van der Waals surface area (Å²) >= 11 is 0. The second kappa shape index (κ2) is 7.66. The topological polar surface area (TPSA) is 63.2 Å². The predicted octanol–water partition coefficient (Wildman–Crippen LogP) is 1.09. The van der Waals surface area contributed by atoms with E-state index >= 15 is 0 Å². The van der Waals surface area contributed by atoms with E-state index in [4.69, 9.17) is 4.74 Å². The highest BCUT2D eigenvalue weighted by Crippen LogP contribution is 2.12. The molecule has 0 radical (unpaired) electrons. The molecule has 2 N–H and O–H groups in total. The lowest BCUT2D eigenvalue weighted by Crippen LogP contribution is -2.30. The lowest BCUT2D eigenvalue weighted by molar-refractivity contribution is -0.121. The van der Waals surface area contributed by atoms with Crippen molar-refractivity contribution < 1.29 is 9.53 Å². The van der Waals surface area contributed by atoms with E-state index in [1.54, 1.807) is 13.3 Å². The first-order valence-electron chi connectivity index (χ1n) is 6.11. The molecule has 5 heteroatoms. The molecule has 0 bridgehead atoms. The van der Waals surface area contributed by atoms with Crippen LogP contribution >= 0.6 is 0 Å². The standard InChI is InChI=1S/C13H21N3O2/c1-10(2)14-8-6-12(17)16-9-11-5-4-7-15-13(11)18-3/h4-5,7,10,14H,6,8-9H2,1-3H3,(H,16,17). The van der Waals surface area contributed by atoms with Crippen LogP contribution in [0.15, 0.2) is 18.3 Å². The Hall–Kier alpha value is -1.62. The van der Waals surface area contributed by atoms with Gasteiger partial charge in [-0.25, -0.2) is 4.98 Å². The molecule has 0 fully saturated rings. The van der Waals surface area contributed by atoms with Crippen LogP contribution in [0.4, 0.5) is 0 Å². The van der Waals surface area contributed by atoms with Gasteiger partial charge in [0.25, 0.3) is 0 Å². The minimum absolute atomic E-state index is 0.0223. The second-order valence-corrected chi connectivity index (χ2v) is 4.31. The maximum Gasteiger partial charge on any atom is 0.221 e. The zero-order valence-electron chi connectivity index (χ0n) is 11.2. The van der Waals surface area contributed by atoms with E-state index in [9.17, 15) is 4.79 Å². The van der Waals surface area contributed by atoms with Crippen LogP contribution in [0.25, 0.3) is 0 Å². The van der Waals surface area contributed by atoms with Crippen LogP contribution in [0, 0.1) is 0 Å². The molecular weight excluding hydrogens is 230 g/mol. The van der Waals surface area contributed by atoms with Crippen molar-refractivity contribution in [2.45, 2.75) is 32.9 Å². The van der Waals surface area contributed by atoms with Crippen molar-refractivity contribution in [3.8, 4) is 5.88 Å². The van der Waals surface area contributed by atoms with E-state index < -0.39 is 0 Å². The molecule has 1 heterocycles. The van der Waals surface area contributed by atoms with Crippen LogP contribution in [-0.4, -0.2) is 30.6 Å². The number of carbonyl (C=O) groups excluding carboxylic acids is 1. The number of hydrogen-bond acceptors (Lipinski definition) is 4. The Morgan fingerprint density at radius 1 is 1.50 bits per heavy atom. The summed E-state index contributed by atoms with van der Waals surface area (Å²) < 4.78 is 5.12. The lowest BCUT2D eigenvalue weighted by Gasteiger charge is -2.10. The number of nitrogens with zero attached hydrogens (tertiary/aromatic N) is 1. The molecule has 1 aromatic rings. The first-order valence-corrected chi connectivity index (χ1v) is 6.11. The normalized spacial score (nSPS) is 10.4. The molecule has 0 saturated heterocycles. The Morgan fingerprint density at radius 3 is 2.94 bits per heavy atom. The summed E-state index contributed by atoms with van der Waals surface area (Å²) in [6.07, 6.45) is 2.14. The van der Waals surface area contributed by atoms with Crippen LogP contribution in [0.5, 0.6) is 5.88 Å². The Kier molecular flexibility index (Phi) is 6.14. The van der Waals surface area contributed by atoms with Gasteiger partial charge in [0.05, 0.1) is 7.11 Å². The summed E-state index contributed by atoms with van der Waals surface area (Å²) in [5, 5.41) is 6.05. The smallest absolute Gasteiger partial charge is 0.221 e. The van der Waals surface area contributed by atoms with E-state index in [0.29, 0.717) is 31.4 Å². The third-order valence-electron chi connectivity index (χ3n) is 2.42. The van der Waals surface area contributed by atoms with Crippen molar-refractivity contribution in [2.24, 2.45) is 0 Å². The van der Waals surface area contributed by atoms with Gasteiger partial charge in [0, 0.05) is 37.3 Å². The molecule has 0 saturated carbocycles. The Morgan fingerprint density at radius 2 is 2.28 bits per heavy atom. The van der Waals surface area contributed by atoms with Gasteiger partial charge in [0.1, 0.15) is 0 Å². The summed E-state index contributed by atoms with van der Waals surface area (Å²) in [5.74, 6) is 0.576. The van der Waals surface area contributed by atoms with Gasteiger partial charge in [-0.3, -0.25) is 4.79 Å². The highest BCUT2D eigenvalue weighted by molar-refractivity contribution is 5.76. The predicted molar refractivity (Wildman–Crippen MR) is 70.4 cm³/mol. The molecule has 0 unspecified atom stereocenters. The maximum absolute atomic E-state index is 11.6. The molecule has 0 atom stereocenters. The van der Waals surface area contributed by atoms with E-state index in [0.717, 1.165) is 5.56 Å². The van der Waals surface area contributed by atoms with E-state index in [1.807, 2.05) is 12.1 Å². The molecule has 5 nitrogen and oxygen atoms in total. The van der Waals surface area contributed by atoms with Gasteiger partial charge in [-0.1, -0.05) is 19.9 Å². The fraction of sp³-hybridized carbons (Fsp3) is 0.538. The number of aromatic nitrogens is 1. The zero-order valence-corrected chi connectivity index (χ0v) is 11.2. The SMILES string of the molecule is COc1ncccc1CNC(=O)CCNC(C)C. The van der Waals surface area contributed by atoms with E-state index in [-0.39, 0.29) is 5.91 Å². The fourth-order valence-corrected chi connectivity index (χ4v) is 1.50. The molecule has 0 spiro atoms. The highest BCUT2D eigenvalue weighted by atomic mass is 16.5. The van der Waals surface area contributed by atoms with Crippen LogP contribution < -0.4 is 15.4 Å². The number of rotatable bonds is 7. The molecule has 0 aliphatic rings. The zero-order chi connectivity index (χ0) is 13.4. The van der Waals surface area contributed by atoms with Gasteiger partial charge in [0.2, 0.25) is 11.8 Å².